The number of ether oxygens (including phenoxy) is 12. The van der Waals surface area contributed by atoms with E-state index >= 15 is 0 Å². The van der Waals surface area contributed by atoms with Gasteiger partial charge in [0.05, 0.1) is 82.6 Å². The highest BCUT2D eigenvalue weighted by Crippen LogP contribution is 2.33. The summed E-state index contributed by atoms with van der Waals surface area (Å²) in [4.78, 5) is 78.6. The van der Waals surface area contributed by atoms with Crippen molar-refractivity contribution in [3.05, 3.63) is 251 Å². The fraction of sp³-hybridized carbons (Fsp3) is 0.324. The average molecular weight is 1230 g/mol. The lowest BCUT2D eigenvalue weighted by Crippen LogP contribution is -2.64. The van der Waals surface area contributed by atoms with Gasteiger partial charge in [0.2, 0.25) is 0 Å². The van der Waals surface area contributed by atoms with Gasteiger partial charge in [-0.1, -0.05) is 183 Å². The molecule has 0 bridgehead atoms. The van der Waals surface area contributed by atoms with Crippen molar-refractivity contribution in [3.63, 3.8) is 0 Å². The van der Waals surface area contributed by atoms with Crippen LogP contribution in [0.1, 0.15) is 71.5 Å². The SMILES string of the molecule is COC(=O)C1OCC(OC(=O)c2ccccc2)C(OCc2ccccc2)C1C.COC(=O)C1OCC(OCc2ccccc2)C(OCc2ccccc2)C1OC1OC(COC(=O)c2ccccc2)CC(OC(=O)c2ccccc2)C1NCC(=O)c1ccccc1. The number of esters is 5. The van der Waals surface area contributed by atoms with Gasteiger partial charge in [0.15, 0.2) is 30.4 Å². The molecule has 90 heavy (non-hydrogen) atoms. The first-order valence-corrected chi connectivity index (χ1v) is 29.7. The number of hydrogen-bond donors (Lipinski definition) is 1. The van der Waals surface area contributed by atoms with E-state index in [-0.39, 0.29) is 57.7 Å². The largest absolute Gasteiger partial charge is 0.467 e. The van der Waals surface area contributed by atoms with E-state index in [1.54, 1.807) is 109 Å². The number of benzene rings is 7. The maximum Gasteiger partial charge on any atom is 0.338 e. The minimum absolute atomic E-state index is 0.0377. The molecule has 19 heteroatoms. The van der Waals surface area contributed by atoms with Crippen LogP contribution in [0.5, 0.6) is 0 Å². The molecule has 7 aromatic carbocycles. The topological polar surface area (TPSA) is 225 Å². The molecule has 0 amide bonds. The van der Waals surface area contributed by atoms with E-state index in [4.69, 9.17) is 56.8 Å². The Kier molecular flexibility index (Phi) is 24.6. The van der Waals surface area contributed by atoms with Gasteiger partial charge in [0.25, 0.3) is 0 Å². The molecule has 0 aliphatic carbocycles. The van der Waals surface area contributed by atoms with E-state index in [1.807, 2.05) is 110 Å². The third-order valence-electron chi connectivity index (χ3n) is 15.3. The third-order valence-corrected chi connectivity index (χ3v) is 15.3. The molecule has 3 heterocycles. The number of ketones is 1. The van der Waals surface area contributed by atoms with Gasteiger partial charge in [-0.3, -0.25) is 10.1 Å². The lowest BCUT2D eigenvalue weighted by Gasteiger charge is -2.46. The number of carbonyl (C=O) groups is 6. The second-order valence-electron chi connectivity index (χ2n) is 21.5. The molecule has 0 radical (unpaired) electrons. The van der Waals surface area contributed by atoms with Crippen molar-refractivity contribution in [1.29, 1.82) is 0 Å². The van der Waals surface area contributed by atoms with Crippen LogP contribution in [0.2, 0.25) is 0 Å². The van der Waals surface area contributed by atoms with Crippen molar-refractivity contribution in [3.8, 4) is 0 Å². The molecule has 0 aromatic heterocycles. The van der Waals surface area contributed by atoms with Crippen LogP contribution in [0.4, 0.5) is 0 Å². The summed E-state index contributed by atoms with van der Waals surface area (Å²) in [5.74, 6) is -3.46. The number of nitrogens with one attached hydrogen (secondary N) is 1. The van der Waals surface area contributed by atoms with Gasteiger partial charge in [-0.2, -0.15) is 0 Å². The van der Waals surface area contributed by atoms with E-state index in [2.05, 4.69) is 5.32 Å². The molecule has 12 unspecified atom stereocenters. The van der Waals surface area contributed by atoms with Gasteiger partial charge >= 0.3 is 29.8 Å². The molecule has 0 saturated carbocycles. The number of methoxy groups -OCH3 is 2. The second-order valence-corrected chi connectivity index (χ2v) is 21.5. The zero-order valence-corrected chi connectivity index (χ0v) is 50.1. The monoisotopic (exact) mass is 1230 g/mol. The first kappa shape index (κ1) is 65.7. The second kappa shape index (κ2) is 33.7. The van der Waals surface area contributed by atoms with Gasteiger partial charge in [-0.25, -0.2) is 24.0 Å². The third kappa shape index (κ3) is 18.4. The Bertz CT molecular complexity index is 3350. The summed E-state index contributed by atoms with van der Waals surface area (Å²) in [7, 11) is 2.56. The highest BCUT2D eigenvalue weighted by atomic mass is 16.7. The molecular weight excluding hydrogens is 1150 g/mol. The van der Waals surface area contributed by atoms with Crippen molar-refractivity contribution in [2.75, 3.05) is 40.6 Å². The van der Waals surface area contributed by atoms with Crippen LogP contribution >= 0.6 is 0 Å². The molecular formula is C71H73NO18. The summed E-state index contributed by atoms with van der Waals surface area (Å²) in [6.07, 6.45) is -9.41. The van der Waals surface area contributed by atoms with Crippen LogP contribution in [-0.4, -0.2) is 143 Å². The average Bonchev–Trinajstić information content (AvgIpc) is 1.57. The Morgan fingerprint density at radius 2 is 0.867 bits per heavy atom. The molecule has 470 valence electrons. The smallest absolute Gasteiger partial charge is 0.338 e. The Morgan fingerprint density at radius 1 is 0.456 bits per heavy atom. The zero-order chi connectivity index (χ0) is 63.0. The first-order chi connectivity index (χ1) is 44.0. The van der Waals surface area contributed by atoms with Crippen LogP contribution in [0.3, 0.4) is 0 Å². The summed E-state index contributed by atoms with van der Waals surface area (Å²) in [5, 5.41) is 3.25. The van der Waals surface area contributed by atoms with Crippen LogP contribution in [0, 0.1) is 5.92 Å². The molecule has 7 aromatic rings. The summed E-state index contributed by atoms with van der Waals surface area (Å²) < 4.78 is 72.1. The minimum atomic E-state index is -1.36. The minimum Gasteiger partial charge on any atom is -0.467 e. The van der Waals surface area contributed by atoms with E-state index in [1.165, 1.54) is 14.2 Å². The maximum atomic E-state index is 13.8. The molecule has 3 aliphatic rings. The summed E-state index contributed by atoms with van der Waals surface area (Å²) in [6.45, 7) is 2.06. The molecule has 3 aliphatic heterocycles. The van der Waals surface area contributed by atoms with Crippen LogP contribution < -0.4 is 5.32 Å². The van der Waals surface area contributed by atoms with Crippen LogP contribution in [0.25, 0.3) is 0 Å². The number of carbonyl (C=O) groups excluding carboxylic acids is 6. The fourth-order valence-corrected chi connectivity index (χ4v) is 10.6. The maximum absolute atomic E-state index is 13.8. The lowest BCUT2D eigenvalue weighted by atomic mass is 9.91. The van der Waals surface area contributed by atoms with Crippen LogP contribution in [0.15, 0.2) is 212 Å². The molecule has 10 rings (SSSR count). The number of Topliss-reactive ketones (excluding diaryl/α,β-unsaturated/α-hetero) is 1. The quantitative estimate of drug-likeness (QED) is 0.0338. The predicted octanol–water partition coefficient (Wildman–Crippen LogP) is 9.16. The first-order valence-electron chi connectivity index (χ1n) is 29.7. The summed E-state index contributed by atoms with van der Waals surface area (Å²) in [5.41, 5.74) is 4.29. The highest BCUT2D eigenvalue weighted by molar-refractivity contribution is 5.97. The van der Waals surface area contributed by atoms with Gasteiger partial charge in [-0.15, -0.1) is 0 Å². The fourth-order valence-electron chi connectivity index (χ4n) is 10.6. The van der Waals surface area contributed by atoms with E-state index in [9.17, 15) is 28.8 Å². The number of hydrogen-bond acceptors (Lipinski definition) is 19. The standard InChI is InChI=1S/C49H49NO12.C22H24O6/c1-55-48(54)45-44(43(57-30-34-19-9-3-10-20-34)41(32-58-45)56-29-33-17-7-2-8-18-33)62-49-42(50-28-39(51)35-21-11-4-12-22-35)40(61-47(53)37-25-15-6-16-26-37)27-38(60-49)31-59-46(52)36-23-13-5-14-24-36;1-15-19(26-13-16-9-5-3-6-10-16)18(14-27-20(15)22(24)25-2)28-21(23)17-11-7-4-8-12-17/h2-26,38,40-45,49-50H,27-32H2,1H3;3-12,15,18-20H,13-14H2,1-2H3. The van der Waals surface area contributed by atoms with Gasteiger partial charge < -0.3 is 56.8 Å². The van der Waals surface area contributed by atoms with E-state index in [0.717, 1.165) is 16.7 Å². The zero-order valence-electron chi connectivity index (χ0n) is 50.1. The Labute approximate surface area is 522 Å². The van der Waals surface area contributed by atoms with E-state index in [0.29, 0.717) is 28.9 Å². The van der Waals surface area contributed by atoms with Crippen LogP contribution in [-0.2, 0) is 86.3 Å². The van der Waals surface area contributed by atoms with Crippen molar-refractivity contribution < 1.29 is 85.6 Å². The summed E-state index contributed by atoms with van der Waals surface area (Å²) in [6, 6.07) is 62.2. The predicted molar refractivity (Wildman–Crippen MR) is 326 cm³/mol. The van der Waals surface area contributed by atoms with Gasteiger partial charge in [-0.05, 0) is 53.1 Å². The molecule has 0 spiro atoms. The lowest BCUT2D eigenvalue weighted by molar-refractivity contribution is -0.304. The van der Waals surface area contributed by atoms with Gasteiger partial charge in [0.1, 0.15) is 37.1 Å². The summed E-state index contributed by atoms with van der Waals surface area (Å²) >= 11 is 0. The van der Waals surface area contributed by atoms with Crippen molar-refractivity contribution in [2.45, 2.75) is 100 Å². The normalized spacial score (nSPS) is 23.7. The van der Waals surface area contributed by atoms with Gasteiger partial charge in [0, 0.05) is 17.9 Å². The van der Waals surface area contributed by atoms with Crippen molar-refractivity contribution >= 4 is 35.6 Å². The number of rotatable bonds is 24. The Morgan fingerprint density at radius 3 is 1.37 bits per heavy atom. The molecule has 19 nitrogen and oxygen atoms in total. The Balaban J connectivity index is 0.000000285. The highest BCUT2D eigenvalue weighted by Gasteiger charge is 2.52. The van der Waals surface area contributed by atoms with E-state index < -0.39 is 97.1 Å². The molecule has 3 saturated heterocycles. The Hall–Kier alpha value is -8.76. The molecule has 1 N–H and O–H groups in total. The van der Waals surface area contributed by atoms with Crippen molar-refractivity contribution in [1.82, 2.24) is 5.32 Å². The molecule has 12 atom stereocenters. The van der Waals surface area contributed by atoms with Crippen molar-refractivity contribution in [2.24, 2.45) is 5.92 Å². The molecule has 3 fully saturated rings.